The number of benzene rings is 1. The minimum Gasteiger partial charge on any atom is -0.481 e. The summed E-state index contributed by atoms with van der Waals surface area (Å²) in [5.74, 6) is -1.08. The number of nitrogens with zero attached hydrogens (tertiary/aromatic N) is 4. The van der Waals surface area contributed by atoms with Crippen LogP contribution in [0.15, 0.2) is 30.9 Å². The van der Waals surface area contributed by atoms with Crippen molar-refractivity contribution in [3.05, 3.63) is 42.0 Å². The number of carbonyl (C=O) groups excluding carboxylic acids is 1. The normalized spacial score (nSPS) is 10.5. The second-order valence-corrected chi connectivity index (χ2v) is 4.87. The maximum Gasteiger partial charge on any atom is 0.305 e. The lowest BCUT2D eigenvalue weighted by atomic mass is 10.1. The van der Waals surface area contributed by atoms with Gasteiger partial charge in [-0.3, -0.25) is 9.59 Å². The highest BCUT2D eigenvalue weighted by molar-refractivity contribution is 5.94. The molecular formula is C15H18N4O3. The van der Waals surface area contributed by atoms with E-state index in [0.717, 1.165) is 11.3 Å². The Kier molecular flexibility index (Phi) is 4.88. The zero-order valence-corrected chi connectivity index (χ0v) is 12.6. The SMILES string of the molecule is CCN(CCC(=O)O)C(=O)c1ccc(-n2cncn2)c(C)c1. The third-order valence-corrected chi connectivity index (χ3v) is 3.37. The van der Waals surface area contributed by atoms with Crippen molar-refractivity contribution in [2.45, 2.75) is 20.3 Å². The van der Waals surface area contributed by atoms with Crippen molar-refractivity contribution in [2.24, 2.45) is 0 Å². The number of hydrogen-bond acceptors (Lipinski definition) is 4. The number of aliphatic carboxylic acids is 1. The van der Waals surface area contributed by atoms with Gasteiger partial charge in [0.25, 0.3) is 5.91 Å². The van der Waals surface area contributed by atoms with Crippen molar-refractivity contribution in [1.82, 2.24) is 19.7 Å². The molecule has 0 aliphatic heterocycles. The van der Waals surface area contributed by atoms with E-state index < -0.39 is 5.97 Å². The third kappa shape index (κ3) is 3.49. The van der Waals surface area contributed by atoms with Gasteiger partial charge < -0.3 is 10.0 Å². The fraction of sp³-hybridized carbons (Fsp3) is 0.333. The van der Waals surface area contributed by atoms with Crippen LogP contribution in [0.1, 0.15) is 29.3 Å². The Balaban J connectivity index is 2.19. The fourth-order valence-corrected chi connectivity index (χ4v) is 2.19. The van der Waals surface area contributed by atoms with E-state index in [4.69, 9.17) is 5.11 Å². The minimum atomic E-state index is -0.913. The molecule has 0 fully saturated rings. The van der Waals surface area contributed by atoms with E-state index in [-0.39, 0.29) is 18.9 Å². The lowest BCUT2D eigenvalue weighted by molar-refractivity contribution is -0.137. The maximum atomic E-state index is 12.4. The number of rotatable bonds is 6. The average molecular weight is 302 g/mol. The van der Waals surface area contributed by atoms with E-state index in [9.17, 15) is 9.59 Å². The van der Waals surface area contributed by atoms with Crippen LogP contribution in [0.5, 0.6) is 0 Å². The Morgan fingerprint density at radius 2 is 2.14 bits per heavy atom. The van der Waals surface area contributed by atoms with E-state index in [1.165, 1.54) is 11.2 Å². The number of aromatic nitrogens is 3. The van der Waals surface area contributed by atoms with Crippen LogP contribution in [0.4, 0.5) is 0 Å². The first kappa shape index (κ1) is 15.7. The highest BCUT2D eigenvalue weighted by Gasteiger charge is 2.16. The van der Waals surface area contributed by atoms with E-state index >= 15 is 0 Å². The first-order chi connectivity index (χ1) is 10.5. The molecule has 2 rings (SSSR count). The van der Waals surface area contributed by atoms with Crippen LogP contribution in [0.25, 0.3) is 5.69 Å². The van der Waals surface area contributed by atoms with Crippen LogP contribution < -0.4 is 0 Å². The summed E-state index contributed by atoms with van der Waals surface area (Å²) in [6.07, 6.45) is 2.98. The predicted molar refractivity (Wildman–Crippen MR) is 79.9 cm³/mol. The van der Waals surface area contributed by atoms with Gasteiger partial charge in [0, 0.05) is 18.7 Å². The molecule has 7 nitrogen and oxygen atoms in total. The summed E-state index contributed by atoms with van der Waals surface area (Å²) in [5, 5.41) is 12.8. The first-order valence-corrected chi connectivity index (χ1v) is 6.99. The lowest BCUT2D eigenvalue weighted by Gasteiger charge is -2.20. The molecule has 0 saturated heterocycles. The molecule has 0 aliphatic rings. The zero-order valence-electron chi connectivity index (χ0n) is 12.6. The minimum absolute atomic E-state index is 0.0599. The summed E-state index contributed by atoms with van der Waals surface area (Å²) in [4.78, 5) is 28.5. The molecule has 0 saturated carbocycles. The first-order valence-electron chi connectivity index (χ1n) is 6.99. The Labute approximate surface area is 128 Å². The summed E-state index contributed by atoms with van der Waals surface area (Å²) >= 11 is 0. The van der Waals surface area contributed by atoms with E-state index in [2.05, 4.69) is 10.1 Å². The summed E-state index contributed by atoms with van der Waals surface area (Å²) in [6, 6.07) is 5.31. The molecule has 0 spiro atoms. The number of hydrogen-bond donors (Lipinski definition) is 1. The Hall–Kier alpha value is -2.70. The van der Waals surface area contributed by atoms with Gasteiger partial charge in [-0.05, 0) is 37.6 Å². The van der Waals surface area contributed by atoms with Crippen LogP contribution in [0.3, 0.4) is 0 Å². The van der Waals surface area contributed by atoms with Gasteiger partial charge in [-0.1, -0.05) is 0 Å². The smallest absolute Gasteiger partial charge is 0.305 e. The van der Waals surface area contributed by atoms with Crippen molar-refractivity contribution in [2.75, 3.05) is 13.1 Å². The number of amides is 1. The molecular weight excluding hydrogens is 284 g/mol. The summed E-state index contributed by atoms with van der Waals surface area (Å²) < 4.78 is 1.63. The largest absolute Gasteiger partial charge is 0.481 e. The summed E-state index contributed by atoms with van der Waals surface area (Å²) in [6.45, 7) is 4.39. The van der Waals surface area contributed by atoms with Gasteiger partial charge in [0.15, 0.2) is 0 Å². The molecule has 2 aromatic rings. The van der Waals surface area contributed by atoms with Gasteiger partial charge in [0.05, 0.1) is 12.1 Å². The monoisotopic (exact) mass is 302 g/mol. The molecule has 1 aromatic heterocycles. The third-order valence-electron chi connectivity index (χ3n) is 3.37. The second kappa shape index (κ2) is 6.84. The van der Waals surface area contributed by atoms with Crippen molar-refractivity contribution in [3.8, 4) is 5.69 Å². The molecule has 1 aromatic carbocycles. The molecule has 116 valence electrons. The van der Waals surface area contributed by atoms with E-state index in [1.807, 2.05) is 19.9 Å². The van der Waals surface area contributed by atoms with Gasteiger partial charge in [-0.15, -0.1) is 0 Å². The van der Waals surface area contributed by atoms with Crippen LogP contribution in [-0.2, 0) is 4.79 Å². The highest BCUT2D eigenvalue weighted by atomic mass is 16.4. The van der Waals surface area contributed by atoms with Crippen molar-refractivity contribution in [1.29, 1.82) is 0 Å². The Morgan fingerprint density at radius 3 is 2.68 bits per heavy atom. The molecule has 0 atom stereocenters. The van der Waals surface area contributed by atoms with Gasteiger partial charge in [-0.25, -0.2) is 9.67 Å². The predicted octanol–water partition coefficient (Wildman–Crippen LogP) is 1.51. The number of carboxylic acid groups (broad SMARTS) is 1. The van der Waals surface area contributed by atoms with Gasteiger partial charge in [-0.2, -0.15) is 5.10 Å². The van der Waals surface area contributed by atoms with Crippen LogP contribution in [0, 0.1) is 6.92 Å². The van der Waals surface area contributed by atoms with E-state index in [1.54, 1.807) is 23.1 Å². The van der Waals surface area contributed by atoms with Crippen molar-refractivity contribution >= 4 is 11.9 Å². The maximum absolute atomic E-state index is 12.4. The number of aryl methyl sites for hydroxylation is 1. The molecule has 1 heterocycles. The lowest BCUT2D eigenvalue weighted by Crippen LogP contribution is -2.32. The van der Waals surface area contributed by atoms with Crippen LogP contribution in [0.2, 0.25) is 0 Å². The number of carbonyl (C=O) groups is 2. The van der Waals surface area contributed by atoms with Crippen LogP contribution in [-0.4, -0.2) is 49.7 Å². The molecule has 0 unspecified atom stereocenters. The summed E-state index contributed by atoms with van der Waals surface area (Å²) in [5.41, 5.74) is 2.28. The second-order valence-electron chi connectivity index (χ2n) is 4.87. The van der Waals surface area contributed by atoms with Crippen molar-refractivity contribution in [3.63, 3.8) is 0 Å². The quantitative estimate of drug-likeness (QED) is 0.874. The molecule has 0 aliphatic carbocycles. The molecule has 0 radical (unpaired) electrons. The summed E-state index contributed by atoms with van der Waals surface area (Å²) in [7, 11) is 0. The molecule has 1 N–H and O–H groups in total. The van der Waals surface area contributed by atoms with Gasteiger partial charge in [0.1, 0.15) is 12.7 Å². The Bertz CT molecular complexity index is 667. The molecule has 22 heavy (non-hydrogen) atoms. The van der Waals surface area contributed by atoms with Gasteiger partial charge >= 0.3 is 5.97 Å². The topological polar surface area (TPSA) is 88.3 Å². The molecule has 1 amide bonds. The van der Waals surface area contributed by atoms with Crippen molar-refractivity contribution < 1.29 is 14.7 Å². The number of carboxylic acids is 1. The standard InChI is InChI=1S/C15H18N4O3/c1-3-18(7-6-14(20)21)15(22)12-4-5-13(11(2)8-12)19-10-16-9-17-19/h4-5,8-10H,3,6-7H2,1-2H3,(H,20,21). The zero-order chi connectivity index (χ0) is 16.1. The van der Waals surface area contributed by atoms with E-state index in [0.29, 0.717) is 12.1 Å². The van der Waals surface area contributed by atoms with Gasteiger partial charge in [0.2, 0.25) is 0 Å². The Morgan fingerprint density at radius 1 is 1.36 bits per heavy atom. The average Bonchev–Trinajstić information content (AvgIpc) is 3.01. The molecule has 0 bridgehead atoms. The fourth-order valence-electron chi connectivity index (χ4n) is 2.19. The highest BCUT2D eigenvalue weighted by Crippen LogP contribution is 2.16. The molecule has 7 heteroatoms. The van der Waals surface area contributed by atoms with Crippen LogP contribution >= 0.6 is 0 Å².